The van der Waals surface area contributed by atoms with Crippen LogP contribution in [0.5, 0.6) is 0 Å². The van der Waals surface area contributed by atoms with Crippen molar-refractivity contribution in [1.82, 2.24) is 0 Å². The molecule has 1 unspecified atom stereocenters. The van der Waals surface area contributed by atoms with Gasteiger partial charge in [0.25, 0.3) is 0 Å². The number of ether oxygens (including phenoxy) is 2. The van der Waals surface area contributed by atoms with Crippen LogP contribution in [0, 0.1) is 5.92 Å². The molecule has 2 aliphatic rings. The van der Waals surface area contributed by atoms with Gasteiger partial charge in [0, 0.05) is 12.8 Å². The van der Waals surface area contributed by atoms with Gasteiger partial charge in [-0.2, -0.15) is 0 Å². The Morgan fingerprint density at radius 3 is 2.92 bits per heavy atom. The zero-order valence-electron chi connectivity index (χ0n) is 7.65. The molecule has 0 radical (unpaired) electrons. The average Bonchev–Trinajstić information content (AvgIpc) is 2.77. The lowest BCUT2D eigenvalue weighted by molar-refractivity contribution is -0.149. The molecule has 4 atom stereocenters. The lowest BCUT2D eigenvalue weighted by atomic mass is 9.87. The Bertz CT molecular complexity index is 256. The quantitative estimate of drug-likeness (QED) is 0.434. The van der Waals surface area contributed by atoms with Crippen LogP contribution in [0.1, 0.15) is 20.3 Å². The van der Waals surface area contributed by atoms with Crippen molar-refractivity contribution in [2.24, 2.45) is 5.92 Å². The second-order valence-electron chi connectivity index (χ2n) is 3.71. The minimum absolute atomic E-state index is 0.0481. The summed E-state index contributed by atoms with van der Waals surface area (Å²) in [7, 11) is 0. The Morgan fingerprint density at radius 1 is 1.62 bits per heavy atom. The smallest absolute Gasteiger partial charge is 0.302 e. The number of Topliss-reactive ketones (excluding diaryl/α,β-unsaturated/α-hetero) is 1. The summed E-state index contributed by atoms with van der Waals surface area (Å²) in [6, 6.07) is 0. The van der Waals surface area contributed by atoms with E-state index in [0.717, 1.165) is 0 Å². The van der Waals surface area contributed by atoms with Gasteiger partial charge in [-0.05, 0) is 6.42 Å². The maximum atomic E-state index is 11.3. The second-order valence-corrected chi connectivity index (χ2v) is 3.71. The molecule has 4 nitrogen and oxygen atoms in total. The first-order chi connectivity index (χ1) is 6.09. The number of fused-ring (bicyclic) bond motifs is 1. The minimum atomic E-state index is -0.305. The van der Waals surface area contributed by atoms with E-state index in [9.17, 15) is 9.59 Å². The van der Waals surface area contributed by atoms with Crippen molar-refractivity contribution in [1.29, 1.82) is 0 Å². The van der Waals surface area contributed by atoms with E-state index < -0.39 is 0 Å². The lowest BCUT2D eigenvalue weighted by Crippen LogP contribution is -2.36. The molecule has 2 fully saturated rings. The van der Waals surface area contributed by atoms with E-state index in [0.29, 0.717) is 6.42 Å². The molecule has 1 aliphatic carbocycles. The molecule has 0 bridgehead atoms. The van der Waals surface area contributed by atoms with Crippen molar-refractivity contribution in [3.05, 3.63) is 0 Å². The van der Waals surface area contributed by atoms with Crippen LogP contribution in [0.4, 0.5) is 0 Å². The summed E-state index contributed by atoms with van der Waals surface area (Å²) in [6.45, 7) is 3.22. The second kappa shape index (κ2) is 2.80. The Balaban J connectivity index is 2.01. The van der Waals surface area contributed by atoms with Crippen LogP contribution >= 0.6 is 0 Å². The first-order valence-electron chi connectivity index (χ1n) is 4.46. The van der Waals surface area contributed by atoms with Gasteiger partial charge in [0.2, 0.25) is 0 Å². The zero-order valence-corrected chi connectivity index (χ0v) is 7.65. The van der Waals surface area contributed by atoms with E-state index in [1.54, 1.807) is 0 Å². The predicted molar refractivity (Wildman–Crippen MR) is 43.0 cm³/mol. The maximum absolute atomic E-state index is 11.3. The van der Waals surface area contributed by atoms with Crippen molar-refractivity contribution < 1.29 is 19.1 Å². The molecule has 0 aromatic carbocycles. The van der Waals surface area contributed by atoms with Gasteiger partial charge in [-0.3, -0.25) is 9.59 Å². The highest BCUT2D eigenvalue weighted by Gasteiger charge is 2.56. The molecule has 1 aliphatic heterocycles. The van der Waals surface area contributed by atoms with Crippen LogP contribution in [0.25, 0.3) is 0 Å². The molecule has 4 heteroatoms. The number of hydrogen-bond donors (Lipinski definition) is 0. The normalized spacial score (nSPS) is 42.5. The molecule has 13 heavy (non-hydrogen) atoms. The number of hydrogen-bond acceptors (Lipinski definition) is 4. The van der Waals surface area contributed by atoms with Crippen molar-refractivity contribution in [3.8, 4) is 0 Å². The molecule has 0 aromatic heterocycles. The third-order valence-corrected chi connectivity index (χ3v) is 2.56. The minimum Gasteiger partial charge on any atom is -0.460 e. The van der Waals surface area contributed by atoms with Crippen molar-refractivity contribution in [2.45, 2.75) is 38.6 Å². The lowest BCUT2D eigenvalue weighted by Gasteiger charge is -2.21. The van der Waals surface area contributed by atoms with E-state index in [4.69, 9.17) is 9.47 Å². The molecule has 72 valence electrons. The van der Waals surface area contributed by atoms with Crippen LogP contribution in [0.2, 0.25) is 0 Å². The standard InChI is InChI=1S/C9H12O4/c1-4-3-6(12-5(2)10)8-9(13-8)7(4)11/h4,6,8-9H,3H2,1-2H3/t4?,6-,8+,9-/m0/s1. The highest BCUT2D eigenvalue weighted by Crippen LogP contribution is 2.38. The first-order valence-corrected chi connectivity index (χ1v) is 4.46. The predicted octanol–water partition coefficient (Wildman–Crippen LogP) is 0.294. The van der Waals surface area contributed by atoms with Gasteiger partial charge in [-0.15, -0.1) is 0 Å². The Kier molecular flexibility index (Phi) is 1.87. The summed E-state index contributed by atoms with van der Waals surface area (Å²) in [5.74, 6) is -0.206. The third kappa shape index (κ3) is 1.46. The van der Waals surface area contributed by atoms with Gasteiger partial charge < -0.3 is 9.47 Å². The van der Waals surface area contributed by atoms with Gasteiger partial charge in [-0.1, -0.05) is 6.92 Å². The highest BCUT2D eigenvalue weighted by atomic mass is 16.6. The number of rotatable bonds is 1. The summed E-state index contributed by atoms with van der Waals surface area (Å²) in [5.41, 5.74) is 0. The molecule has 2 rings (SSSR count). The Morgan fingerprint density at radius 2 is 2.31 bits per heavy atom. The average molecular weight is 184 g/mol. The van der Waals surface area contributed by atoms with E-state index >= 15 is 0 Å². The van der Waals surface area contributed by atoms with Crippen molar-refractivity contribution in [2.75, 3.05) is 0 Å². The van der Waals surface area contributed by atoms with Crippen LogP contribution < -0.4 is 0 Å². The summed E-state index contributed by atoms with van der Waals surface area (Å²) >= 11 is 0. The Hall–Kier alpha value is -0.900. The molecular weight excluding hydrogens is 172 g/mol. The summed E-state index contributed by atoms with van der Waals surface area (Å²) < 4.78 is 10.2. The molecule has 1 saturated carbocycles. The SMILES string of the molecule is CC(=O)O[C@H]1CC(C)C(=O)[C@@H]2O[C@H]12. The van der Waals surface area contributed by atoms with Gasteiger partial charge in [0.05, 0.1) is 0 Å². The van der Waals surface area contributed by atoms with Gasteiger partial charge in [0.15, 0.2) is 5.78 Å². The van der Waals surface area contributed by atoms with E-state index in [-0.39, 0.29) is 36.0 Å². The number of carbonyl (C=O) groups excluding carboxylic acids is 2. The summed E-state index contributed by atoms with van der Waals surface area (Å²) in [5, 5.41) is 0. The topological polar surface area (TPSA) is 55.9 Å². The van der Waals surface area contributed by atoms with Gasteiger partial charge in [-0.25, -0.2) is 0 Å². The zero-order chi connectivity index (χ0) is 9.59. The number of esters is 1. The molecule has 0 N–H and O–H groups in total. The molecule has 0 amide bonds. The maximum Gasteiger partial charge on any atom is 0.302 e. The van der Waals surface area contributed by atoms with Crippen LogP contribution in [-0.2, 0) is 19.1 Å². The number of ketones is 1. The van der Waals surface area contributed by atoms with E-state index in [1.807, 2.05) is 6.92 Å². The fourth-order valence-electron chi connectivity index (χ4n) is 1.84. The highest BCUT2D eigenvalue weighted by molar-refractivity contribution is 5.89. The van der Waals surface area contributed by atoms with Crippen molar-refractivity contribution >= 4 is 11.8 Å². The van der Waals surface area contributed by atoms with E-state index in [1.165, 1.54) is 6.92 Å². The summed E-state index contributed by atoms with van der Waals surface area (Å²) in [6.07, 6.45) is -0.0737. The van der Waals surface area contributed by atoms with Gasteiger partial charge >= 0.3 is 5.97 Å². The first kappa shape index (κ1) is 8.69. The monoisotopic (exact) mass is 184 g/mol. The van der Waals surface area contributed by atoms with Gasteiger partial charge in [0.1, 0.15) is 18.3 Å². The molecule has 1 heterocycles. The Labute approximate surface area is 76.2 Å². The van der Waals surface area contributed by atoms with Crippen molar-refractivity contribution in [3.63, 3.8) is 0 Å². The van der Waals surface area contributed by atoms with E-state index in [2.05, 4.69) is 0 Å². The fraction of sp³-hybridized carbons (Fsp3) is 0.778. The molecule has 1 saturated heterocycles. The molecular formula is C9H12O4. The third-order valence-electron chi connectivity index (χ3n) is 2.56. The van der Waals surface area contributed by atoms with Crippen LogP contribution in [-0.4, -0.2) is 30.1 Å². The fourth-order valence-corrected chi connectivity index (χ4v) is 1.84. The van der Waals surface area contributed by atoms with Crippen LogP contribution in [0.15, 0.2) is 0 Å². The van der Waals surface area contributed by atoms with Crippen LogP contribution in [0.3, 0.4) is 0 Å². The summed E-state index contributed by atoms with van der Waals surface area (Å²) in [4.78, 5) is 22.0. The largest absolute Gasteiger partial charge is 0.460 e. The number of epoxide rings is 1. The molecule has 0 aromatic rings. The number of carbonyl (C=O) groups is 2. The molecule has 0 spiro atoms.